The zero-order valence-corrected chi connectivity index (χ0v) is 31.4. The molecular formula is C54H36N2O. The Bertz CT molecular complexity index is 3130. The molecule has 1 aliphatic carbocycles. The van der Waals surface area contributed by atoms with Gasteiger partial charge in [-0.3, -0.25) is 0 Å². The van der Waals surface area contributed by atoms with Crippen LogP contribution >= 0.6 is 0 Å². The van der Waals surface area contributed by atoms with Gasteiger partial charge in [-0.15, -0.1) is 0 Å². The summed E-state index contributed by atoms with van der Waals surface area (Å²) < 4.78 is 6.09. The van der Waals surface area contributed by atoms with E-state index in [1.165, 1.54) is 33.4 Å². The molecule has 0 amide bonds. The number of benzene rings is 8. The molecule has 1 unspecified atom stereocenters. The zero-order valence-electron chi connectivity index (χ0n) is 31.4. The predicted octanol–water partition coefficient (Wildman–Crippen LogP) is 14.0. The lowest BCUT2D eigenvalue weighted by molar-refractivity contribution is 0.669. The first-order valence-corrected chi connectivity index (χ1v) is 19.5. The zero-order chi connectivity index (χ0) is 37.9. The minimum Gasteiger partial charge on any atom is -0.456 e. The molecule has 57 heavy (non-hydrogen) atoms. The topological polar surface area (TPSA) is 38.9 Å². The Morgan fingerprint density at radius 3 is 1.79 bits per heavy atom. The summed E-state index contributed by atoms with van der Waals surface area (Å²) >= 11 is 0. The van der Waals surface area contributed by atoms with E-state index < -0.39 is 0 Å². The van der Waals surface area contributed by atoms with Crippen LogP contribution < -0.4 is 0 Å². The summed E-state index contributed by atoms with van der Waals surface area (Å²) in [6, 6.07) is 71.2. The highest BCUT2D eigenvalue weighted by Crippen LogP contribution is 2.53. The molecule has 0 fully saturated rings. The molecule has 0 radical (unpaired) electrons. The van der Waals surface area contributed by atoms with Gasteiger partial charge in [-0.05, 0) is 93.4 Å². The lowest BCUT2D eigenvalue weighted by Gasteiger charge is -2.28. The Morgan fingerprint density at radius 2 is 0.947 bits per heavy atom. The van der Waals surface area contributed by atoms with Gasteiger partial charge in [0.25, 0.3) is 0 Å². The summed E-state index contributed by atoms with van der Waals surface area (Å²) in [5, 5.41) is 2.25. The van der Waals surface area contributed by atoms with Gasteiger partial charge in [-0.25, -0.2) is 9.97 Å². The van der Waals surface area contributed by atoms with E-state index in [1.54, 1.807) is 0 Å². The number of nitrogens with zero attached hydrogens (tertiary/aromatic N) is 2. The van der Waals surface area contributed by atoms with Crippen molar-refractivity contribution in [1.29, 1.82) is 0 Å². The van der Waals surface area contributed by atoms with E-state index >= 15 is 0 Å². The highest BCUT2D eigenvalue weighted by atomic mass is 16.3. The van der Waals surface area contributed by atoms with Gasteiger partial charge in [-0.1, -0.05) is 164 Å². The molecule has 268 valence electrons. The number of rotatable bonds is 6. The van der Waals surface area contributed by atoms with Crippen LogP contribution in [0.3, 0.4) is 0 Å². The number of hydrogen-bond donors (Lipinski definition) is 0. The van der Waals surface area contributed by atoms with E-state index in [4.69, 9.17) is 14.4 Å². The minimum absolute atomic E-state index is 0.261. The lowest BCUT2D eigenvalue weighted by atomic mass is 9.74. The summed E-state index contributed by atoms with van der Waals surface area (Å²) in [6.45, 7) is 2.37. The van der Waals surface area contributed by atoms with Crippen molar-refractivity contribution in [3.63, 3.8) is 0 Å². The number of hydrogen-bond acceptors (Lipinski definition) is 3. The lowest BCUT2D eigenvalue weighted by Crippen LogP contribution is -2.22. The van der Waals surface area contributed by atoms with Crippen molar-refractivity contribution in [2.45, 2.75) is 12.3 Å². The van der Waals surface area contributed by atoms with Crippen LogP contribution in [0.15, 0.2) is 205 Å². The maximum Gasteiger partial charge on any atom is 0.160 e. The fourth-order valence-corrected chi connectivity index (χ4v) is 8.81. The molecule has 10 aromatic rings. The van der Waals surface area contributed by atoms with Crippen molar-refractivity contribution < 1.29 is 4.42 Å². The van der Waals surface area contributed by atoms with Crippen LogP contribution in [0.4, 0.5) is 0 Å². The Kier molecular flexibility index (Phi) is 7.61. The SMILES string of the molecule is CC1(c2ccccc2)c2ccccc2-c2ccc(-c3cccc(-c4cc(-c5ccc(-c6ccc7oc8ccccc8c7c6)cc5)nc(-c5ccccc5)n4)c3)cc21. The molecule has 0 N–H and O–H groups in total. The standard InChI is InChI=1S/C54H36N2O/c1-54(42-17-6-3-7-18-42)47-21-10-8-19-43(47)44-29-27-40(33-48(44)54)38-15-12-16-41(31-38)50-34-49(55-53(56-50)37-13-4-2-5-14-37)36-25-23-35(24-26-36)39-28-30-52-46(32-39)45-20-9-11-22-51(45)57-52/h2-34H,1H3. The van der Waals surface area contributed by atoms with Crippen molar-refractivity contribution in [2.24, 2.45) is 0 Å². The van der Waals surface area contributed by atoms with Crippen molar-refractivity contribution >= 4 is 21.9 Å². The molecule has 2 heterocycles. The summed E-state index contributed by atoms with van der Waals surface area (Å²) in [6.07, 6.45) is 0. The molecule has 0 saturated heterocycles. The second-order valence-corrected chi connectivity index (χ2v) is 15.1. The van der Waals surface area contributed by atoms with Crippen molar-refractivity contribution in [1.82, 2.24) is 9.97 Å². The molecule has 1 aliphatic rings. The molecular weight excluding hydrogens is 693 g/mol. The van der Waals surface area contributed by atoms with Gasteiger partial charge in [0.15, 0.2) is 5.82 Å². The predicted molar refractivity (Wildman–Crippen MR) is 234 cm³/mol. The number of aromatic nitrogens is 2. The summed E-state index contributed by atoms with van der Waals surface area (Å²) in [5.41, 5.74) is 17.5. The Hall–Kier alpha value is -7.36. The molecule has 3 heteroatoms. The van der Waals surface area contributed by atoms with E-state index in [0.29, 0.717) is 5.82 Å². The quantitative estimate of drug-likeness (QED) is 0.171. The molecule has 11 rings (SSSR count). The van der Waals surface area contributed by atoms with Crippen molar-refractivity contribution in [3.05, 3.63) is 217 Å². The van der Waals surface area contributed by atoms with Crippen LogP contribution in [-0.2, 0) is 5.41 Å². The average Bonchev–Trinajstić information content (AvgIpc) is 3.79. The fourth-order valence-electron chi connectivity index (χ4n) is 8.81. The van der Waals surface area contributed by atoms with Gasteiger partial charge >= 0.3 is 0 Å². The number of para-hydroxylation sites is 1. The third kappa shape index (κ3) is 5.50. The third-order valence-electron chi connectivity index (χ3n) is 11.8. The van der Waals surface area contributed by atoms with E-state index in [2.05, 4.69) is 177 Å². The number of furan rings is 1. The highest BCUT2D eigenvalue weighted by molar-refractivity contribution is 6.06. The minimum atomic E-state index is -0.261. The Labute approximate surface area is 331 Å². The first-order valence-electron chi connectivity index (χ1n) is 19.5. The van der Waals surface area contributed by atoms with Gasteiger partial charge < -0.3 is 4.42 Å². The van der Waals surface area contributed by atoms with Crippen molar-refractivity contribution in [3.8, 4) is 67.3 Å². The van der Waals surface area contributed by atoms with Gasteiger partial charge in [0.05, 0.1) is 11.4 Å². The normalized spacial score (nSPS) is 14.5. The maximum absolute atomic E-state index is 6.09. The van der Waals surface area contributed by atoms with Crippen LogP contribution in [0.1, 0.15) is 23.6 Å². The summed E-state index contributed by atoms with van der Waals surface area (Å²) in [5.74, 6) is 0.698. The van der Waals surface area contributed by atoms with Crippen molar-refractivity contribution in [2.75, 3.05) is 0 Å². The van der Waals surface area contributed by atoms with Gasteiger partial charge in [-0.2, -0.15) is 0 Å². The van der Waals surface area contributed by atoms with Crippen LogP contribution in [0.25, 0.3) is 89.2 Å². The molecule has 2 aromatic heterocycles. The highest BCUT2D eigenvalue weighted by Gasteiger charge is 2.40. The van der Waals surface area contributed by atoms with E-state index in [-0.39, 0.29) is 5.41 Å². The molecule has 0 saturated carbocycles. The summed E-state index contributed by atoms with van der Waals surface area (Å²) in [4.78, 5) is 10.3. The smallest absolute Gasteiger partial charge is 0.160 e. The second kappa shape index (κ2) is 13.1. The molecule has 8 aromatic carbocycles. The summed E-state index contributed by atoms with van der Waals surface area (Å²) in [7, 11) is 0. The van der Waals surface area contributed by atoms with Crippen LogP contribution in [0, 0.1) is 0 Å². The first-order chi connectivity index (χ1) is 28.1. The number of fused-ring (bicyclic) bond motifs is 6. The molecule has 3 nitrogen and oxygen atoms in total. The molecule has 0 bridgehead atoms. The molecule has 0 spiro atoms. The van der Waals surface area contributed by atoms with Crippen LogP contribution in [0.5, 0.6) is 0 Å². The van der Waals surface area contributed by atoms with Gasteiger partial charge in [0.2, 0.25) is 0 Å². The van der Waals surface area contributed by atoms with E-state index in [9.17, 15) is 0 Å². The van der Waals surface area contributed by atoms with E-state index in [1.807, 2.05) is 30.3 Å². The molecule has 1 atom stereocenters. The van der Waals surface area contributed by atoms with E-state index in [0.717, 1.165) is 66.7 Å². The Morgan fingerprint density at radius 1 is 0.368 bits per heavy atom. The fraction of sp³-hybridized carbons (Fsp3) is 0.0370. The monoisotopic (exact) mass is 728 g/mol. The average molecular weight is 729 g/mol. The first kappa shape index (κ1) is 33.0. The second-order valence-electron chi connectivity index (χ2n) is 15.1. The Balaban J connectivity index is 0.983. The third-order valence-corrected chi connectivity index (χ3v) is 11.8. The van der Waals surface area contributed by atoms with Gasteiger partial charge in [0, 0.05) is 32.9 Å². The van der Waals surface area contributed by atoms with Gasteiger partial charge in [0.1, 0.15) is 11.2 Å². The maximum atomic E-state index is 6.09. The van der Waals surface area contributed by atoms with Crippen LogP contribution in [-0.4, -0.2) is 9.97 Å². The largest absolute Gasteiger partial charge is 0.456 e. The van der Waals surface area contributed by atoms with Crippen LogP contribution in [0.2, 0.25) is 0 Å². The molecule has 0 aliphatic heterocycles.